The van der Waals surface area contributed by atoms with E-state index in [0.29, 0.717) is 22.2 Å². The van der Waals surface area contributed by atoms with Crippen LogP contribution in [0.3, 0.4) is 0 Å². The number of aromatic nitrogens is 2. The summed E-state index contributed by atoms with van der Waals surface area (Å²) in [5.74, 6) is -0.471. The Balaban J connectivity index is 2.37. The van der Waals surface area contributed by atoms with E-state index in [2.05, 4.69) is 9.97 Å². The second-order valence-electron chi connectivity index (χ2n) is 4.65. The number of benzene rings is 1. The molecule has 3 rings (SSSR count). The van der Waals surface area contributed by atoms with Gasteiger partial charge in [-0.1, -0.05) is 0 Å². The molecule has 0 amide bonds. The molecule has 3 aromatic rings. The van der Waals surface area contributed by atoms with Crippen LogP contribution in [0.5, 0.6) is 0 Å². The third kappa shape index (κ3) is 1.75. The summed E-state index contributed by atoms with van der Waals surface area (Å²) in [6, 6.07) is 3.54. The van der Waals surface area contributed by atoms with E-state index < -0.39 is 5.82 Å². The van der Waals surface area contributed by atoms with Gasteiger partial charge in [0.2, 0.25) is 0 Å². The van der Waals surface area contributed by atoms with Gasteiger partial charge in [-0.05, 0) is 30.0 Å². The highest BCUT2D eigenvalue weighted by Crippen LogP contribution is 2.35. The zero-order chi connectivity index (χ0) is 14.3. The molecule has 20 heavy (non-hydrogen) atoms. The van der Waals surface area contributed by atoms with Crippen molar-refractivity contribution in [2.75, 3.05) is 11.5 Å². The van der Waals surface area contributed by atoms with Gasteiger partial charge in [0.1, 0.15) is 0 Å². The SMILES string of the molecule is Cc1c(N)cncc1-c1cc2ccncc2c(N)c1F. The Morgan fingerprint density at radius 2 is 1.85 bits per heavy atom. The Morgan fingerprint density at radius 1 is 1.05 bits per heavy atom. The van der Waals surface area contributed by atoms with Crippen LogP contribution in [0, 0.1) is 12.7 Å². The van der Waals surface area contributed by atoms with E-state index in [1.807, 2.05) is 6.92 Å². The Kier molecular flexibility index (Phi) is 2.75. The van der Waals surface area contributed by atoms with Gasteiger partial charge >= 0.3 is 0 Å². The molecule has 0 spiro atoms. The fraction of sp³-hybridized carbons (Fsp3) is 0.0667. The van der Waals surface area contributed by atoms with Gasteiger partial charge in [-0.25, -0.2) is 4.39 Å². The number of halogens is 1. The molecule has 0 saturated carbocycles. The highest BCUT2D eigenvalue weighted by molar-refractivity contribution is 5.97. The fourth-order valence-corrected chi connectivity index (χ4v) is 2.25. The van der Waals surface area contributed by atoms with Crippen molar-refractivity contribution in [3.8, 4) is 11.1 Å². The van der Waals surface area contributed by atoms with Gasteiger partial charge in [-0.2, -0.15) is 0 Å². The molecule has 0 aliphatic heterocycles. The smallest absolute Gasteiger partial charge is 0.154 e. The van der Waals surface area contributed by atoms with Gasteiger partial charge in [0, 0.05) is 35.1 Å². The van der Waals surface area contributed by atoms with E-state index in [4.69, 9.17) is 11.5 Å². The largest absolute Gasteiger partial charge is 0.397 e. The molecule has 0 saturated heterocycles. The maximum Gasteiger partial charge on any atom is 0.154 e. The lowest BCUT2D eigenvalue weighted by molar-refractivity contribution is 0.637. The molecule has 5 heteroatoms. The zero-order valence-electron chi connectivity index (χ0n) is 10.9. The average molecular weight is 268 g/mol. The number of pyridine rings is 2. The van der Waals surface area contributed by atoms with Crippen LogP contribution < -0.4 is 11.5 Å². The first-order chi connectivity index (χ1) is 9.59. The van der Waals surface area contributed by atoms with Crippen molar-refractivity contribution >= 4 is 22.1 Å². The predicted molar refractivity (Wildman–Crippen MR) is 78.5 cm³/mol. The zero-order valence-corrected chi connectivity index (χ0v) is 10.9. The highest BCUT2D eigenvalue weighted by atomic mass is 19.1. The minimum Gasteiger partial charge on any atom is -0.397 e. The van der Waals surface area contributed by atoms with E-state index >= 15 is 0 Å². The number of hydrogen-bond acceptors (Lipinski definition) is 4. The van der Waals surface area contributed by atoms with Crippen LogP contribution in [0.1, 0.15) is 5.56 Å². The minimum atomic E-state index is -0.471. The van der Waals surface area contributed by atoms with Gasteiger partial charge < -0.3 is 11.5 Å². The lowest BCUT2D eigenvalue weighted by Gasteiger charge is -2.12. The van der Waals surface area contributed by atoms with Crippen molar-refractivity contribution in [2.24, 2.45) is 0 Å². The molecule has 0 aliphatic carbocycles. The molecule has 2 aromatic heterocycles. The van der Waals surface area contributed by atoms with Gasteiger partial charge in [-0.3, -0.25) is 9.97 Å². The molecule has 100 valence electrons. The molecular formula is C15H13FN4. The monoisotopic (exact) mass is 268 g/mol. The molecule has 0 atom stereocenters. The van der Waals surface area contributed by atoms with Gasteiger partial charge in [0.15, 0.2) is 5.82 Å². The molecule has 4 nitrogen and oxygen atoms in total. The Bertz CT molecular complexity index is 814. The van der Waals surface area contributed by atoms with Crippen LogP contribution in [0.4, 0.5) is 15.8 Å². The second kappa shape index (κ2) is 4.45. The first-order valence-corrected chi connectivity index (χ1v) is 6.11. The van der Waals surface area contributed by atoms with E-state index in [1.54, 1.807) is 36.9 Å². The normalized spacial score (nSPS) is 10.9. The number of anilines is 2. The van der Waals surface area contributed by atoms with E-state index in [-0.39, 0.29) is 5.69 Å². The summed E-state index contributed by atoms with van der Waals surface area (Å²) < 4.78 is 14.5. The molecule has 0 unspecified atom stereocenters. The number of rotatable bonds is 1. The third-order valence-electron chi connectivity index (χ3n) is 3.46. The summed E-state index contributed by atoms with van der Waals surface area (Å²) in [6.07, 6.45) is 6.34. The minimum absolute atomic E-state index is 0.0902. The van der Waals surface area contributed by atoms with Crippen molar-refractivity contribution in [2.45, 2.75) is 6.92 Å². The quantitative estimate of drug-likeness (QED) is 0.665. The summed E-state index contributed by atoms with van der Waals surface area (Å²) in [6.45, 7) is 1.83. The van der Waals surface area contributed by atoms with Crippen molar-refractivity contribution in [1.29, 1.82) is 0 Å². The Hall–Kier alpha value is -2.69. The van der Waals surface area contributed by atoms with Crippen LogP contribution in [0.2, 0.25) is 0 Å². The number of nitrogen functional groups attached to an aromatic ring is 2. The summed E-state index contributed by atoms with van der Waals surface area (Å²) in [5.41, 5.74) is 14.2. The van der Waals surface area contributed by atoms with Crippen LogP contribution in [0.25, 0.3) is 21.9 Å². The standard InChI is InChI=1S/C15H13FN4/c1-8-11(5-20-7-13(8)17)10-4-9-2-3-19-6-12(9)15(18)14(10)16/h2-7H,17-18H2,1H3. The lowest BCUT2D eigenvalue weighted by atomic mass is 9.97. The summed E-state index contributed by atoms with van der Waals surface area (Å²) in [7, 11) is 0. The molecule has 0 aliphatic rings. The molecule has 2 heterocycles. The van der Waals surface area contributed by atoms with E-state index in [9.17, 15) is 4.39 Å². The van der Waals surface area contributed by atoms with Crippen molar-refractivity contribution in [3.05, 3.63) is 48.3 Å². The van der Waals surface area contributed by atoms with Crippen LogP contribution in [-0.4, -0.2) is 9.97 Å². The first kappa shape index (κ1) is 12.3. The second-order valence-corrected chi connectivity index (χ2v) is 4.65. The number of fused-ring (bicyclic) bond motifs is 1. The number of hydrogen-bond donors (Lipinski definition) is 2. The first-order valence-electron chi connectivity index (χ1n) is 6.11. The van der Waals surface area contributed by atoms with Crippen molar-refractivity contribution in [3.63, 3.8) is 0 Å². The highest BCUT2D eigenvalue weighted by Gasteiger charge is 2.15. The van der Waals surface area contributed by atoms with Gasteiger partial charge in [0.25, 0.3) is 0 Å². The molecule has 0 radical (unpaired) electrons. The summed E-state index contributed by atoms with van der Waals surface area (Å²) in [4.78, 5) is 8.00. The maximum atomic E-state index is 14.5. The van der Waals surface area contributed by atoms with Gasteiger partial charge in [-0.15, -0.1) is 0 Å². The van der Waals surface area contributed by atoms with Crippen LogP contribution in [-0.2, 0) is 0 Å². The third-order valence-corrected chi connectivity index (χ3v) is 3.46. The fourth-order valence-electron chi connectivity index (χ4n) is 2.25. The summed E-state index contributed by atoms with van der Waals surface area (Å²) >= 11 is 0. The van der Waals surface area contributed by atoms with Crippen molar-refractivity contribution in [1.82, 2.24) is 9.97 Å². The molecular weight excluding hydrogens is 255 g/mol. The Morgan fingerprint density at radius 3 is 2.65 bits per heavy atom. The topological polar surface area (TPSA) is 77.8 Å². The summed E-state index contributed by atoms with van der Waals surface area (Å²) in [5, 5.41) is 1.43. The van der Waals surface area contributed by atoms with Crippen molar-refractivity contribution < 1.29 is 4.39 Å². The molecule has 4 N–H and O–H groups in total. The molecule has 0 fully saturated rings. The van der Waals surface area contributed by atoms with Crippen LogP contribution in [0.15, 0.2) is 36.9 Å². The molecule has 0 bridgehead atoms. The average Bonchev–Trinajstić information content (AvgIpc) is 2.46. The van der Waals surface area contributed by atoms with E-state index in [0.717, 1.165) is 10.9 Å². The maximum absolute atomic E-state index is 14.5. The molecule has 1 aromatic carbocycles. The Labute approximate surface area is 115 Å². The lowest BCUT2D eigenvalue weighted by Crippen LogP contribution is -1.99. The van der Waals surface area contributed by atoms with Crippen LogP contribution >= 0.6 is 0 Å². The predicted octanol–water partition coefficient (Wildman–Crippen LogP) is 2.91. The van der Waals surface area contributed by atoms with Gasteiger partial charge in [0.05, 0.1) is 17.6 Å². The van der Waals surface area contributed by atoms with E-state index in [1.165, 1.54) is 0 Å². The number of nitrogens with zero attached hydrogens (tertiary/aromatic N) is 2. The number of nitrogens with two attached hydrogens (primary N) is 2.